The summed E-state index contributed by atoms with van der Waals surface area (Å²) in [5.74, 6) is 0.775. The molecule has 0 aliphatic heterocycles. The van der Waals surface area contributed by atoms with Gasteiger partial charge in [-0.15, -0.1) is 0 Å². The first kappa shape index (κ1) is 8.10. The lowest BCUT2D eigenvalue weighted by atomic mass is 10.2. The second-order valence-corrected chi connectivity index (χ2v) is 3.12. The summed E-state index contributed by atoms with van der Waals surface area (Å²) in [6.45, 7) is 2.13. The standard InChI is InChI=1S/C10H13N3/c1-2-5-8-10(11)13-7-4-3-6-9(13)12-8/h3-4,6-7H,2,5,11H2,1H3. The van der Waals surface area contributed by atoms with E-state index in [2.05, 4.69) is 11.9 Å². The van der Waals surface area contributed by atoms with Gasteiger partial charge in [0.25, 0.3) is 0 Å². The van der Waals surface area contributed by atoms with Crippen LogP contribution in [0.15, 0.2) is 24.4 Å². The van der Waals surface area contributed by atoms with Crippen LogP contribution in [0.2, 0.25) is 0 Å². The van der Waals surface area contributed by atoms with Gasteiger partial charge >= 0.3 is 0 Å². The van der Waals surface area contributed by atoms with Crippen LogP contribution in [0.3, 0.4) is 0 Å². The molecule has 2 aromatic heterocycles. The third-order valence-electron chi connectivity index (χ3n) is 2.13. The lowest BCUT2D eigenvalue weighted by molar-refractivity contribution is 0.897. The van der Waals surface area contributed by atoms with Gasteiger partial charge < -0.3 is 5.73 Å². The van der Waals surface area contributed by atoms with Gasteiger partial charge in [-0.1, -0.05) is 19.4 Å². The fourth-order valence-corrected chi connectivity index (χ4v) is 1.48. The van der Waals surface area contributed by atoms with Crippen molar-refractivity contribution in [3.63, 3.8) is 0 Å². The molecular weight excluding hydrogens is 162 g/mol. The van der Waals surface area contributed by atoms with Crippen molar-refractivity contribution >= 4 is 11.5 Å². The molecule has 2 aromatic rings. The summed E-state index contributed by atoms with van der Waals surface area (Å²) >= 11 is 0. The summed E-state index contributed by atoms with van der Waals surface area (Å²) in [5, 5.41) is 0. The number of imidazole rings is 1. The largest absolute Gasteiger partial charge is 0.383 e. The second-order valence-electron chi connectivity index (χ2n) is 3.12. The van der Waals surface area contributed by atoms with E-state index in [9.17, 15) is 0 Å². The van der Waals surface area contributed by atoms with E-state index in [-0.39, 0.29) is 0 Å². The molecule has 0 aliphatic carbocycles. The van der Waals surface area contributed by atoms with E-state index >= 15 is 0 Å². The zero-order valence-electron chi connectivity index (χ0n) is 7.70. The van der Waals surface area contributed by atoms with Gasteiger partial charge in [0.2, 0.25) is 0 Å². The zero-order valence-corrected chi connectivity index (χ0v) is 7.70. The number of aryl methyl sites for hydroxylation is 1. The van der Waals surface area contributed by atoms with Crippen molar-refractivity contribution in [3.05, 3.63) is 30.1 Å². The second kappa shape index (κ2) is 3.09. The van der Waals surface area contributed by atoms with Crippen molar-refractivity contribution < 1.29 is 0 Å². The molecule has 0 spiro atoms. The van der Waals surface area contributed by atoms with Crippen LogP contribution in [0.1, 0.15) is 19.0 Å². The van der Waals surface area contributed by atoms with Crippen molar-refractivity contribution in [2.75, 3.05) is 5.73 Å². The van der Waals surface area contributed by atoms with Crippen molar-refractivity contribution in [1.29, 1.82) is 0 Å². The van der Waals surface area contributed by atoms with Gasteiger partial charge in [0.05, 0.1) is 5.69 Å². The highest BCUT2D eigenvalue weighted by atomic mass is 15.1. The predicted octanol–water partition coefficient (Wildman–Crippen LogP) is 1.87. The van der Waals surface area contributed by atoms with Crippen LogP contribution < -0.4 is 5.73 Å². The number of hydrogen-bond acceptors (Lipinski definition) is 2. The number of nitrogen functional groups attached to an aromatic ring is 1. The van der Waals surface area contributed by atoms with E-state index < -0.39 is 0 Å². The van der Waals surface area contributed by atoms with Crippen LogP contribution in [0, 0.1) is 0 Å². The molecule has 2 N–H and O–H groups in total. The molecule has 0 atom stereocenters. The lowest BCUT2D eigenvalue weighted by Crippen LogP contribution is -1.95. The smallest absolute Gasteiger partial charge is 0.138 e. The fraction of sp³-hybridized carbons (Fsp3) is 0.300. The van der Waals surface area contributed by atoms with E-state index in [1.54, 1.807) is 0 Å². The molecule has 3 heteroatoms. The van der Waals surface area contributed by atoms with Crippen LogP contribution in [0.25, 0.3) is 5.65 Å². The normalized spacial score (nSPS) is 10.8. The summed E-state index contributed by atoms with van der Waals surface area (Å²) in [5.41, 5.74) is 7.87. The number of nitrogens with two attached hydrogens (primary N) is 1. The Morgan fingerprint density at radius 3 is 3.00 bits per heavy atom. The summed E-state index contributed by atoms with van der Waals surface area (Å²) in [6.07, 6.45) is 3.97. The van der Waals surface area contributed by atoms with Crippen molar-refractivity contribution in [2.45, 2.75) is 19.8 Å². The van der Waals surface area contributed by atoms with E-state index in [1.165, 1.54) is 0 Å². The maximum absolute atomic E-state index is 5.93. The zero-order chi connectivity index (χ0) is 9.26. The highest BCUT2D eigenvalue weighted by molar-refractivity contribution is 5.52. The topological polar surface area (TPSA) is 43.3 Å². The minimum atomic E-state index is 0.775. The average Bonchev–Trinajstić information content (AvgIpc) is 2.46. The Morgan fingerprint density at radius 2 is 2.31 bits per heavy atom. The number of nitrogens with zero attached hydrogens (tertiary/aromatic N) is 2. The van der Waals surface area contributed by atoms with Gasteiger partial charge in [-0.2, -0.15) is 0 Å². The van der Waals surface area contributed by atoms with Gasteiger partial charge in [-0.25, -0.2) is 4.98 Å². The van der Waals surface area contributed by atoms with Gasteiger partial charge in [0.1, 0.15) is 11.5 Å². The molecule has 0 fully saturated rings. The van der Waals surface area contributed by atoms with E-state index in [0.29, 0.717) is 0 Å². The number of rotatable bonds is 2. The van der Waals surface area contributed by atoms with Crippen LogP contribution in [-0.4, -0.2) is 9.38 Å². The van der Waals surface area contributed by atoms with E-state index in [4.69, 9.17) is 5.73 Å². The van der Waals surface area contributed by atoms with Crippen LogP contribution in [-0.2, 0) is 6.42 Å². The summed E-state index contributed by atoms with van der Waals surface area (Å²) < 4.78 is 1.92. The first-order valence-electron chi connectivity index (χ1n) is 4.54. The van der Waals surface area contributed by atoms with Crippen molar-refractivity contribution in [1.82, 2.24) is 9.38 Å². The maximum Gasteiger partial charge on any atom is 0.138 e. The molecular formula is C10H13N3. The first-order chi connectivity index (χ1) is 6.33. The molecule has 0 aromatic carbocycles. The van der Waals surface area contributed by atoms with Crippen LogP contribution in [0.5, 0.6) is 0 Å². The molecule has 0 unspecified atom stereocenters. The molecule has 2 heterocycles. The minimum Gasteiger partial charge on any atom is -0.383 e. The van der Waals surface area contributed by atoms with E-state index in [0.717, 1.165) is 30.0 Å². The number of fused-ring (bicyclic) bond motifs is 1. The Balaban J connectivity index is 2.60. The molecule has 0 bridgehead atoms. The summed E-state index contributed by atoms with van der Waals surface area (Å²) in [4.78, 5) is 4.44. The van der Waals surface area contributed by atoms with Gasteiger partial charge in [-0.3, -0.25) is 4.40 Å². The molecule has 0 radical (unpaired) electrons. The highest BCUT2D eigenvalue weighted by Gasteiger charge is 2.06. The first-order valence-corrected chi connectivity index (χ1v) is 4.54. The number of hydrogen-bond donors (Lipinski definition) is 1. The molecule has 0 saturated carbocycles. The fourth-order valence-electron chi connectivity index (χ4n) is 1.48. The summed E-state index contributed by atoms with van der Waals surface area (Å²) in [7, 11) is 0. The molecule has 0 saturated heterocycles. The van der Waals surface area contributed by atoms with Gasteiger partial charge in [-0.05, 0) is 18.6 Å². The minimum absolute atomic E-state index is 0.775. The molecule has 13 heavy (non-hydrogen) atoms. The molecule has 0 amide bonds. The SMILES string of the molecule is CCCc1nc2ccccn2c1N. The number of aromatic nitrogens is 2. The van der Waals surface area contributed by atoms with Gasteiger partial charge in [0, 0.05) is 6.20 Å². The Bertz CT molecular complexity index is 417. The predicted molar refractivity (Wildman–Crippen MR) is 53.6 cm³/mol. The quantitative estimate of drug-likeness (QED) is 0.757. The van der Waals surface area contributed by atoms with Crippen molar-refractivity contribution in [2.24, 2.45) is 0 Å². The Labute approximate surface area is 77.2 Å². The monoisotopic (exact) mass is 175 g/mol. The maximum atomic E-state index is 5.93. The molecule has 68 valence electrons. The Morgan fingerprint density at radius 1 is 1.46 bits per heavy atom. The average molecular weight is 175 g/mol. The van der Waals surface area contributed by atoms with Gasteiger partial charge in [0.15, 0.2) is 0 Å². The molecule has 3 nitrogen and oxygen atoms in total. The lowest BCUT2D eigenvalue weighted by Gasteiger charge is -1.95. The molecule has 0 aliphatic rings. The Hall–Kier alpha value is -1.51. The highest BCUT2D eigenvalue weighted by Crippen LogP contribution is 2.15. The third kappa shape index (κ3) is 1.26. The number of anilines is 1. The Kier molecular flexibility index (Phi) is 1.93. The third-order valence-corrected chi connectivity index (χ3v) is 2.13. The molecule has 2 rings (SSSR count). The summed E-state index contributed by atoms with van der Waals surface area (Å²) in [6, 6.07) is 5.90. The van der Waals surface area contributed by atoms with Crippen LogP contribution in [0.4, 0.5) is 5.82 Å². The van der Waals surface area contributed by atoms with E-state index in [1.807, 2.05) is 28.8 Å². The van der Waals surface area contributed by atoms with Crippen molar-refractivity contribution in [3.8, 4) is 0 Å². The van der Waals surface area contributed by atoms with Crippen LogP contribution >= 0.6 is 0 Å². The number of pyridine rings is 1.